The Balaban J connectivity index is 1.37. The van der Waals surface area contributed by atoms with Crippen LogP contribution in [0.25, 0.3) is 22.2 Å². The molecule has 2 aromatic heterocycles. The molecule has 44 heavy (non-hydrogen) atoms. The van der Waals surface area contributed by atoms with Gasteiger partial charge in [0.05, 0.1) is 25.3 Å². The first-order valence-electron chi connectivity index (χ1n) is 16.8. The van der Waals surface area contributed by atoms with Crippen LogP contribution in [-0.4, -0.2) is 33.1 Å². The quantitative estimate of drug-likeness (QED) is 0.166. The lowest BCUT2D eigenvalue weighted by molar-refractivity contribution is 0.0221. The van der Waals surface area contributed by atoms with Gasteiger partial charge >= 0.3 is 6.09 Å². The van der Waals surface area contributed by atoms with Crippen molar-refractivity contribution in [1.82, 2.24) is 14.9 Å². The largest absolute Gasteiger partial charge is 0.487 e. The van der Waals surface area contributed by atoms with Gasteiger partial charge in [-0.3, -0.25) is 0 Å². The third kappa shape index (κ3) is 7.85. The summed E-state index contributed by atoms with van der Waals surface area (Å²) in [5.74, 6) is -0.0221. The Hall–Kier alpha value is -4.63. The van der Waals surface area contributed by atoms with Crippen molar-refractivity contribution < 1.29 is 31.3 Å². The predicted octanol–water partition coefficient (Wildman–Crippen LogP) is 9.15. The summed E-state index contributed by atoms with van der Waals surface area (Å²) in [6.07, 6.45) is 1.72. The van der Waals surface area contributed by atoms with E-state index in [1.165, 1.54) is 24.5 Å². The molecule has 5 rings (SSSR count). The molecule has 0 radical (unpaired) electrons. The van der Waals surface area contributed by atoms with Gasteiger partial charge in [-0.2, -0.15) is 0 Å². The number of amides is 1. The van der Waals surface area contributed by atoms with Crippen LogP contribution in [0.1, 0.15) is 53.7 Å². The van der Waals surface area contributed by atoms with E-state index in [9.17, 15) is 9.18 Å². The van der Waals surface area contributed by atoms with Crippen molar-refractivity contribution in [2.75, 3.05) is 11.9 Å². The number of nitrogens with zero attached hydrogens (tertiary/aromatic N) is 3. The van der Waals surface area contributed by atoms with Crippen LogP contribution in [0.15, 0.2) is 83.4 Å². The highest BCUT2D eigenvalue weighted by atomic mass is 35.5. The molecule has 0 saturated heterocycles. The average molecular weight is 623 g/mol. The maximum absolute atomic E-state index is 14.3. The second-order valence-electron chi connectivity index (χ2n) is 10.8. The third-order valence-electron chi connectivity index (χ3n) is 6.13. The minimum absolute atomic E-state index is 0.0497. The zero-order chi connectivity index (χ0) is 36.5. The number of furan rings is 1. The molecule has 0 unspecified atom stereocenters. The smallest absolute Gasteiger partial charge is 0.410 e. The number of benzene rings is 3. The van der Waals surface area contributed by atoms with Gasteiger partial charge in [0.15, 0.2) is 0 Å². The van der Waals surface area contributed by atoms with Crippen LogP contribution in [0.3, 0.4) is 0 Å². The Morgan fingerprint density at radius 2 is 2.00 bits per heavy atom. The zero-order valence-electron chi connectivity index (χ0n) is 30.5. The summed E-state index contributed by atoms with van der Waals surface area (Å²) in [7, 11) is 0. The number of ether oxygens (including phenoxy) is 2. The standard InChI is InChI=1S/C34H34ClFN4O4/c1-5-15-40(33(41)44-34(2,3)4)19-26-11-14-30(43-26)23-9-12-29-27(17-23)32(38-21-37-29)39-25-10-13-31(28(35)18-25)42-20-22-7-6-8-24(36)16-22/h6-14,16-18,21H,5,15,19-20H2,1-4H3,(H,37,38,39)/i6D,7D,8D,16D,20D2. The molecular weight excluding hydrogens is 583 g/mol. The SMILES string of the molecule is [2H]c1c([2H])c(F)c([2H])c(C([2H])([2H])Oc2ccc(Nc3ncnc4ccc(-c5ccc(CN(CCC)C(=O)OC(C)(C)C)o5)cc34)cc2Cl)c1[2H]. The summed E-state index contributed by atoms with van der Waals surface area (Å²) in [4.78, 5) is 23.1. The van der Waals surface area contributed by atoms with E-state index in [0.29, 0.717) is 40.5 Å². The maximum Gasteiger partial charge on any atom is 0.410 e. The highest BCUT2D eigenvalue weighted by molar-refractivity contribution is 6.32. The van der Waals surface area contributed by atoms with Crippen molar-refractivity contribution in [2.45, 2.75) is 52.8 Å². The van der Waals surface area contributed by atoms with Gasteiger partial charge in [0.1, 0.15) is 47.4 Å². The van der Waals surface area contributed by atoms with Crippen LogP contribution >= 0.6 is 11.6 Å². The monoisotopic (exact) mass is 622 g/mol. The lowest BCUT2D eigenvalue weighted by atomic mass is 10.1. The van der Waals surface area contributed by atoms with E-state index in [-0.39, 0.29) is 17.3 Å². The number of carbonyl (C=O) groups excluding carboxylic acids is 1. The van der Waals surface area contributed by atoms with Crippen LogP contribution in [0.4, 0.5) is 20.7 Å². The molecule has 1 amide bonds. The Morgan fingerprint density at radius 3 is 2.77 bits per heavy atom. The Bertz CT molecular complexity index is 2050. The van der Waals surface area contributed by atoms with Gasteiger partial charge in [0.2, 0.25) is 0 Å². The minimum atomic E-state index is -2.92. The van der Waals surface area contributed by atoms with Crippen LogP contribution in [0.5, 0.6) is 5.75 Å². The number of carbonyl (C=O) groups is 1. The van der Waals surface area contributed by atoms with Crippen LogP contribution in [0.2, 0.25) is 5.02 Å². The fourth-order valence-corrected chi connectivity index (χ4v) is 4.44. The molecule has 0 aliphatic carbocycles. The lowest BCUT2D eigenvalue weighted by Crippen LogP contribution is -2.36. The fraction of sp³-hybridized carbons (Fsp3) is 0.265. The van der Waals surface area contributed by atoms with Crippen LogP contribution < -0.4 is 10.1 Å². The van der Waals surface area contributed by atoms with Crippen molar-refractivity contribution >= 4 is 40.1 Å². The average Bonchev–Trinajstić information content (AvgIpc) is 3.51. The Kier molecular flexibility index (Phi) is 7.21. The van der Waals surface area contributed by atoms with Crippen molar-refractivity contribution in [3.63, 3.8) is 0 Å². The molecule has 0 fully saturated rings. The van der Waals surface area contributed by atoms with Gasteiger partial charge < -0.3 is 24.1 Å². The maximum atomic E-state index is 14.3. The first-order valence-corrected chi connectivity index (χ1v) is 14.2. The van der Waals surface area contributed by atoms with E-state index < -0.39 is 53.8 Å². The summed E-state index contributed by atoms with van der Waals surface area (Å²) in [5.41, 5.74) is 0.361. The first-order chi connectivity index (χ1) is 23.5. The molecule has 1 N–H and O–H groups in total. The van der Waals surface area contributed by atoms with Crippen LogP contribution in [-0.2, 0) is 17.8 Å². The van der Waals surface area contributed by atoms with Gasteiger partial charge in [0, 0.05) is 23.2 Å². The van der Waals surface area contributed by atoms with Gasteiger partial charge in [-0.1, -0.05) is 30.6 Å². The Morgan fingerprint density at radius 1 is 1.16 bits per heavy atom. The number of hydrogen-bond acceptors (Lipinski definition) is 7. The number of anilines is 2. The van der Waals surface area contributed by atoms with Gasteiger partial charge in [0.25, 0.3) is 0 Å². The molecule has 0 aliphatic rings. The molecule has 5 aromatic rings. The van der Waals surface area contributed by atoms with Crippen molar-refractivity contribution in [3.05, 3.63) is 101 Å². The second kappa shape index (κ2) is 13.3. The molecule has 3 aromatic carbocycles. The predicted molar refractivity (Wildman–Crippen MR) is 170 cm³/mol. The van der Waals surface area contributed by atoms with Gasteiger partial charge in [-0.05, 0) is 93.4 Å². The first kappa shape index (κ1) is 23.8. The molecule has 228 valence electrons. The fourth-order valence-electron chi connectivity index (χ4n) is 4.22. The topological polar surface area (TPSA) is 89.7 Å². The summed E-state index contributed by atoms with van der Waals surface area (Å²) < 4.78 is 79.4. The number of nitrogens with one attached hydrogen (secondary N) is 1. The number of rotatable bonds is 10. The van der Waals surface area contributed by atoms with Gasteiger partial charge in [-0.15, -0.1) is 0 Å². The molecule has 0 atom stereocenters. The molecule has 10 heteroatoms. The highest BCUT2D eigenvalue weighted by Gasteiger charge is 2.23. The lowest BCUT2D eigenvalue weighted by Gasteiger charge is -2.26. The molecule has 8 nitrogen and oxygen atoms in total. The number of aromatic nitrogens is 2. The third-order valence-corrected chi connectivity index (χ3v) is 6.42. The van der Waals surface area contributed by atoms with E-state index in [2.05, 4.69) is 15.3 Å². The molecule has 0 saturated carbocycles. The summed E-state index contributed by atoms with van der Waals surface area (Å²) in [6.45, 7) is 5.25. The summed E-state index contributed by atoms with van der Waals surface area (Å²) in [5, 5.41) is 3.77. The van der Waals surface area contributed by atoms with Crippen molar-refractivity contribution in [2.24, 2.45) is 0 Å². The van der Waals surface area contributed by atoms with Crippen molar-refractivity contribution in [1.29, 1.82) is 0 Å². The highest BCUT2D eigenvalue weighted by Crippen LogP contribution is 2.33. The molecule has 0 bridgehead atoms. The molecule has 0 aliphatic heterocycles. The molecule has 2 heterocycles. The number of fused-ring (bicyclic) bond motifs is 1. The molecule has 0 spiro atoms. The summed E-state index contributed by atoms with van der Waals surface area (Å²) >= 11 is 6.44. The zero-order valence-corrected chi connectivity index (χ0v) is 25.3. The Labute approximate surface area is 269 Å². The van der Waals surface area contributed by atoms with Gasteiger partial charge in [-0.25, -0.2) is 19.2 Å². The van der Waals surface area contributed by atoms with E-state index in [1.807, 2.05) is 58.0 Å². The van der Waals surface area contributed by atoms with Crippen LogP contribution in [0, 0.1) is 5.82 Å². The van der Waals surface area contributed by atoms with E-state index in [1.54, 1.807) is 4.90 Å². The van der Waals surface area contributed by atoms with E-state index in [0.717, 1.165) is 12.0 Å². The summed E-state index contributed by atoms with van der Waals surface area (Å²) in [6, 6.07) is 9.77. The molecular formula is C34H34ClFN4O4. The number of halogens is 2. The van der Waals surface area contributed by atoms with E-state index in [4.69, 9.17) is 33.7 Å². The van der Waals surface area contributed by atoms with E-state index >= 15 is 0 Å². The second-order valence-corrected chi connectivity index (χ2v) is 11.2. The minimum Gasteiger partial charge on any atom is -0.487 e. The van der Waals surface area contributed by atoms with Crippen molar-refractivity contribution in [3.8, 4) is 17.1 Å². The normalized spacial score (nSPS) is 13.7. The number of hydrogen-bond donors (Lipinski definition) is 1.